The lowest BCUT2D eigenvalue weighted by Crippen LogP contribution is -3.00. The average Bonchev–Trinajstić information content (AvgIpc) is 3.34. The van der Waals surface area contributed by atoms with Crippen molar-refractivity contribution in [2.75, 3.05) is 21.0 Å². The van der Waals surface area contributed by atoms with Crippen LogP contribution in [0.2, 0.25) is 0 Å². The molecule has 2 aromatic carbocycles. The molecule has 2 aromatic heterocycles. The molecule has 4 heterocycles. The van der Waals surface area contributed by atoms with Crippen molar-refractivity contribution in [1.82, 2.24) is 4.98 Å². The maximum Gasteiger partial charge on any atom is 0.231 e. The largest absolute Gasteiger partial charge is 1.00 e. The molecule has 0 saturated carbocycles. The Morgan fingerprint density at radius 1 is 1.06 bits per heavy atom. The highest BCUT2D eigenvalue weighted by Gasteiger charge is 2.37. The molecule has 2 N–H and O–H groups in total. The fraction of sp³-hybridized carbons (Fsp3) is 0.222. The number of halogens is 1. The van der Waals surface area contributed by atoms with Crippen LogP contribution in [0, 0.1) is 0 Å². The van der Waals surface area contributed by atoms with Crippen molar-refractivity contribution in [3.8, 4) is 34.3 Å². The number of nitrogens with zero attached hydrogens (tertiary/aromatic N) is 2. The lowest BCUT2D eigenvalue weighted by atomic mass is 9.82. The number of carbonyl (C=O) groups excluding carboxylic acids is 1. The second kappa shape index (κ2) is 9.45. The summed E-state index contributed by atoms with van der Waals surface area (Å²) < 4.78 is 24.8. The Hall–Kier alpha value is -3.60. The number of fused-ring (bicyclic) bond motifs is 5. The van der Waals surface area contributed by atoms with Gasteiger partial charge in [-0.05, 0) is 47.5 Å². The fourth-order valence-corrected chi connectivity index (χ4v) is 5.27. The molecule has 1 unspecified atom stereocenters. The highest BCUT2D eigenvalue weighted by molar-refractivity contribution is 6.00. The molecule has 6 rings (SSSR count). The van der Waals surface area contributed by atoms with Crippen LogP contribution in [0.25, 0.3) is 22.0 Å². The Morgan fingerprint density at radius 2 is 1.81 bits per heavy atom. The van der Waals surface area contributed by atoms with Gasteiger partial charge in [0.15, 0.2) is 35.7 Å². The topological polar surface area (TPSA) is 96.8 Å². The van der Waals surface area contributed by atoms with Crippen molar-refractivity contribution in [3.05, 3.63) is 71.7 Å². The first kappa shape index (κ1) is 24.1. The molecule has 0 radical (unpaired) electrons. The van der Waals surface area contributed by atoms with Crippen LogP contribution in [0.3, 0.4) is 0 Å². The first-order chi connectivity index (χ1) is 17.1. The number of nitrogens with two attached hydrogens (primary N) is 1. The van der Waals surface area contributed by atoms with Crippen molar-refractivity contribution in [2.45, 2.75) is 18.9 Å². The number of carbonyl (C=O) groups is 1. The molecule has 0 fully saturated rings. The van der Waals surface area contributed by atoms with Crippen LogP contribution < -0.4 is 53.2 Å². The van der Waals surface area contributed by atoms with Crippen molar-refractivity contribution >= 4 is 16.7 Å². The molecular formula is C27H24IN3O5. The number of hydrogen-bond acceptors (Lipinski definition) is 6. The Labute approximate surface area is 225 Å². The number of ether oxygens (including phenoxy) is 4. The van der Waals surface area contributed by atoms with Crippen molar-refractivity contribution < 1.29 is 52.3 Å². The van der Waals surface area contributed by atoms with Crippen LogP contribution in [0.4, 0.5) is 0 Å². The van der Waals surface area contributed by atoms with Crippen molar-refractivity contribution in [2.24, 2.45) is 5.73 Å². The van der Waals surface area contributed by atoms with E-state index in [9.17, 15) is 4.79 Å². The van der Waals surface area contributed by atoms with Gasteiger partial charge in [-0.15, -0.1) is 0 Å². The number of hydrogen-bond donors (Lipinski definition) is 1. The van der Waals surface area contributed by atoms with E-state index in [-0.39, 0.29) is 30.8 Å². The summed E-state index contributed by atoms with van der Waals surface area (Å²) in [6.07, 6.45) is 6.21. The van der Waals surface area contributed by atoms with Gasteiger partial charge >= 0.3 is 0 Å². The van der Waals surface area contributed by atoms with E-state index in [0.717, 1.165) is 50.9 Å². The highest BCUT2D eigenvalue weighted by atomic mass is 127. The third-order valence-electron chi connectivity index (χ3n) is 6.79. The average molecular weight is 597 g/mol. The van der Waals surface area contributed by atoms with Gasteiger partial charge in [-0.2, -0.15) is 4.57 Å². The summed E-state index contributed by atoms with van der Waals surface area (Å²) >= 11 is 0. The van der Waals surface area contributed by atoms with E-state index < -0.39 is 11.8 Å². The van der Waals surface area contributed by atoms with Gasteiger partial charge in [0.05, 0.1) is 31.1 Å². The van der Waals surface area contributed by atoms with Crippen LogP contribution in [0.15, 0.2) is 55.0 Å². The highest BCUT2D eigenvalue weighted by Crippen LogP contribution is 2.46. The Kier molecular flexibility index (Phi) is 6.33. The summed E-state index contributed by atoms with van der Waals surface area (Å²) in [7, 11) is 3.23. The summed E-state index contributed by atoms with van der Waals surface area (Å²) in [6.45, 7) is 0.911. The van der Waals surface area contributed by atoms with Gasteiger partial charge in [0.2, 0.25) is 18.4 Å². The number of amides is 1. The number of pyridine rings is 2. The van der Waals surface area contributed by atoms with Crippen molar-refractivity contribution in [3.63, 3.8) is 0 Å². The minimum Gasteiger partial charge on any atom is -1.00 e. The molecule has 0 bridgehead atoms. The second-order valence-electron chi connectivity index (χ2n) is 8.58. The molecule has 2 aliphatic heterocycles. The van der Waals surface area contributed by atoms with Gasteiger partial charge < -0.3 is 48.7 Å². The number of benzene rings is 2. The maximum absolute atomic E-state index is 13.1. The molecule has 4 aromatic rings. The SMILES string of the molecule is COc1ccc2c(C(C(N)=O)c3ccncc3)c3[n+](cc2c1OC)CCc1cc2c(cc1-3)OCO2.[I-]. The van der Waals surface area contributed by atoms with Crippen LogP contribution in [-0.2, 0) is 17.8 Å². The second-order valence-corrected chi connectivity index (χ2v) is 8.58. The molecule has 0 saturated heterocycles. The lowest BCUT2D eigenvalue weighted by Gasteiger charge is -2.24. The number of primary amides is 1. The number of aryl methyl sites for hydroxylation is 2. The van der Waals surface area contributed by atoms with E-state index in [4.69, 9.17) is 24.7 Å². The summed E-state index contributed by atoms with van der Waals surface area (Å²) in [5, 5.41) is 1.70. The summed E-state index contributed by atoms with van der Waals surface area (Å²) in [4.78, 5) is 17.2. The third-order valence-corrected chi connectivity index (χ3v) is 6.79. The zero-order valence-corrected chi connectivity index (χ0v) is 21.9. The fourth-order valence-electron chi connectivity index (χ4n) is 5.27. The standard InChI is InChI=1S/C27H23N3O5.HI/c1-32-20-4-3-17-19(26(20)33-2)13-30-10-7-16-11-21-22(35-14-34-21)12-18(16)25(30)24(17)23(27(28)31)15-5-8-29-9-6-15;/h3-6,8-9,11-13,23H,7,10,14H2,1-2H3,(H-,28,31);1H. The summed E-state index contributed by atoms with van der Waals surface area (Å²) in [5.74, 6) is 1.50. The zero-order chi connectivity index (χ0) is 24.1. The van der Waals surface area contributed by atoms with Gasteiger partial charge in [-0.1, -0.05) is 0 Å². The van der Waals surface area contributed by atoms with E-state index >= 15 is 0 Å². The first-order valence-electron chi connectivity index (χ1n) is 11.3. The van der Waals surface area contributed by atoms with Crippen LogP contribution in [0.1, 0.15) is 22.6 Å². The van der Waals surface area contributed by atoms with E-state index in [1.807, 2.05) is 36.4 Å². The van der Waals surface area contributed by atoms with Gasteiger partial charge in [0, 0.05) is 29.8 Å². The van der Waals surface area contributed by atoms with Gasteiger partial charge in [-0.3, -0.25) is 9.78 Å². The first-order valence-corrected chi connectivity index (χ1v) is 11.3. The van der Waals surface area contributed by atoms with Crippen molar-refractivity contribution in [1.29, 1.82) is 0 Å². The monoisotopic (exact) mass is 597 g/mol. The molecular weight excluding hydrogens is 573 g/mol. The molecule has 8 nitrogen and oxygen atoms in total. The summed E-state index contributed by atoms with van der Waals surface area (Å²) in [6, 6.07) is 11.5. The van der Waals surface area contributed by atoms with Crippen LogP contribution >= 0.6 is 0 Å². The van der Waals surface area contributed by atoms with E-state index in [2.05, 4.69) is 15.7 Å². The Balaban J connectivity index is 0.00000267. The van der Waals surface area contributed by atoms with Crippen LogP contribution in [-0.4, -0.2) is 31.9 Å². The molecule has 2 aliphatic rings. The smallest absolute Gasteiger partial charge is 0.231 e. The van der Waals surface area contributed by atoms with Gasteiger partial charge in [-0.25, -0.2) is 0 Å². The molecule has 1 atom stereocenters. The minimum atomic E-state index is -0.711. The minimum absolute atomic E-state index is 0. The Bertz CT molecular complexity index is 1490. The lowest BCUT2D eigenvalue weighted by molar-refractivity contribution is -0.686. The normalized spacial score (nSPS) is 13.8. The molecule has 0 aliphatic carbocycles. The molecule has 0 spiro atoms. The predicted molar refractivity (Wildman–Crippen MR) is 128 cm³/mol. The van der Waals surface area contributed by atoms with E-state index in [1.54, 1.807) is 26.6 Å². The molecule has 1 amide bonds. The predicted octanol–water partition coefficient (Wildman–Crippen LogP) is 0.113. The zero-order valence-electron chi connectivity index (χ0n) is 19.8. The summed E-state index contributed by atoms with van der Waals surface area (Å²) in [5.41, 5.74) is 10.7. The molecule has 184 valence electrons. The number of rotatable bonds is 5. The molecule has 36 heavy (non-hydrogen) atoms. The van der Waals surface area contributed by atoms with E-state index in [1.165, 1.54) is 0 Å². The molecule has 9 heteroatoms. The van der Waals surface area contributed by atoms with Gasteiger partial charge in [0.1, 0.15) is 0 Å². The Morgan fingerprint density at radius 3 is 2.50 bits per heavy atom. The number of aromatic nitrogens is 2. The maximum atomic E-state index is 13.1. The van der Waals surface area contributed by atoms with E-state index in [0.29, 0.717) is 23.8 Å². The quantitative estimate of drug-likeness (QED) is 0.260. The number of methoxy groups -OCH3 is 2. The van der Waals surface area contributed by atoms with Gasteiger partial charge in [0.25, 0.3) is 0 Å². The third kappa shape index (κ3) is 3.69. The van der Waals surface area contributed by atoms with Crippen LogP contribution in [0.5, 0.6) is 23.0 Å².